The van der Waals surface area contributed by atoms with Crippen LogP contribution in [0.15, 0.2) is 63.3 Å². The molecule has 0 unspecified atom stereocenters. The molecule has 0 aliphatic heterocycles. The topological polar surface area (TPSA) is 66.5 Å². The molecule has 0 spiro atoms. The number of rotatable bonds is 7. The Morgan fingerprint density at radius 1 is 1.15 bits per heavy atom. The Morgan fingerprint density at radius 3 is 2.59 bits per heavy atom. The van der Waals surface area contributed by atoms with Crippen LogP contribution in [0.5, 0.6) is 0 Å². The summed E-state index contributed by atoms with van der Waals surface area (Å²) in [5.41, 5.74) is 1.19. The van der Waals surface area contributed by atoms with E-state index in [1.54, 1.807) is 23.5 Å². The summed E-state index contributed by atoms with van der Waals surface area (Å²) in [6.07, 6.45) is 0.707. The Hall–Kier alpha value is -1.74. The number of carbonyl (C=O) groups excluding carboxylic acids is 1. The van der Waals surface area contributed by atoms with Gasteiger partial charge in [0.2, 0.25) is 15.9 Å². The molecule has 0 saturated carbocycles. The molecule has 3 rings (SSSR count). The van der Waals surface area contributed by atoms with Gasteiger partial charge in [0, 0.05) is 22.8 Å². The molecule has 0 bridgehead atoms. The Labute approximate surface area is 171 Å². The molecule has 0 fully saturated rings. The number of nitrogens with zero attached hydrogens (tertiary/aromatic N) is 1. The van der Waals surface area contributed by atoms with Crippen LogP contribution in [0.4, 0.5) is 0 Å². The standard InChI is InChI=1S/C19H19BrN2O3S2/c1-22(27(24,25)16-8-6-15(20)7-9-16)12-19(23)21-11-10-14-13-26-18-5-3-2-4-17(14)18/h2-9,13H,10-12H2,1H3,(H,21,23). The van der Waals surface area contributed by atoms with Crippen LogP contribution in [-0.4, -0.2) is 38.8 Å². The van der Waals surface area contributed by atoms with E-state index in [0.29, 0.717) is 13.0 Å². The second-order valence-electron chi connectivity index (χ2n) is 6.07. The van der Waals surface area contributed by atoms with Crippen LogP contribution in [0.2, 0.25) is 0 Å². The average molecular weight is 467 g/mol. The Morgan fingerprint density at radius 2 is 1.85 bits per heavy atom. The molecular weight excluding hydrogens is 448 g/mol. The van der Waals surface area contributed by atoms with Crippen LogP contribution in [0.1, 0.15) is 5.56 Å². The van der Waals surface area contributed by atoms with Crippen molar-refractivity contribution in [3.63, 3.8) is 0 Å². The van der Waals surface area contributed by atoms with Crippen LogP contribution < -0.4 is 5.32 Å². The van der Waals surface area contributed by atoms with E-state index in [0.717, 1.165) is 8.78 Å². The third-order valence-electron chi connectivity index (χ3n) is 4.17. The number of hydrogen-bond donors (Lipinski definition) is 1. The van der Waals surface area contributed by atoms with Gasteiger partial charge >= 0.3 is 0 Å². The Bertz CT molecular complexity index is 1050. The lowest BCUT2D eigenvalue weighted by Gasteiger charge is -2.17. The summed E-state index contributed by atoms with van der Waals surface area (Å²) in [6.45, 7) is 0.245. The van der Waals surface area contributed by atoms with Gasteiger partial charge in [-0.25, -0.2) is 8.42 Å². The summed E-state index contributed by atoms with van der Waals surface area (Å²) in [7, 11) is -2.29. The van der Waals surface area contributed by atoms with Gasteiger partial charge < -0.3 is 5.32 Å². The first kappa shape index (κ1) is 20.0. The molecule has 1 amide bonds. The third-order valence-corrected chi connectivity index (χ3v) is 7.52. The van der Waals surface area contributed by atoms with E-state index in [2.05, 4.69) is 38.8 Å². The molecule has 0 radical (unpaired) electrons. The van der Waals surface area contributed by atoms with E-state index in [-0.39, 0.29) is 17.3 Å². The van der Waals surface area contributed by atoms with E-state index in [4.69, 9.17) is 0 Å². The second-order valence-corrected chi connectivity index (χ2v) is 9.94. The molecule has 0 saturated heterocycles. The van der Waals surface area contributed by atoms with E-state index in [1.807, 2.05) is 12.1 Å². The predicted molar refractivity (Wildman–Crippen MR) is 112 cm³/mol. The molecule has 1 heterocycles. The number of benzene rings is 2. The van der Waals surface area contributed by atoms with Gasteiger partial charge in [-0.3, -0.25) is 4.79 Å². The first-order valence-corrected chi connectivity index (χ1v) is 11.4. The molecule has 0 atom stereocenters. The number of amides is 1. The fourth-order valence-corrected chi connectivity index (χ4v) is 5.08. The maximum absolute atomic E-state index is 12.5. The molecular formula is C19H19BrN2O3S2. The minimum Gasteiger partial charge on any atom is -0.355 e. The van der Waals surface area contributed by atoms with Crippen LogP contribution in [0.3, 0.4) is 0 Å². The molecule has 0 aliphatic carbocycles. The zero-order valence-electron chi connectivity index (χ0n) is 14.7. The highest BCUT2D eigenvalue weighted by Crippen LogP contribution is 2.25. The average Bonchev–Trinajstić information content (AvgIpc) is 3.05. The maximum atomic E-state index is 12.5. The SMILES string of the molecule is CN(CC(=O)NCCc1csc2ccccc12)S(=O)(=O)c1ccc(Br)cc1. The lowest BCUT2D eigenvalue weighted by Crippen LogP contribution is -2.39. The summed E-state index contributed by atoms with van der Waals surface area (Å²) >= 11 is 4.96. The second kappa shape index (κ2) is 8.52. The summed E-state index contributed by atoms with van der Waals surface area (Å²) in [4.78, 5) is 12.3. The number of nitrogens with one attached hydrogen (secondary N) is 1. The summed E-state index contributed by atoms with van der Waals surface area (Å²) < 4.78 is 28.1. The fourth-order valence-electron chi connectivity index (χ4n) is 2.69. The number of fused-ring (bicyclic) bond motifs is 1. The van der Waals surface area contributed by atoms with Crippen molar-refractivity contribution in [2.75, 3.05) is 20.1 Å². The molecule has 2 aromatic carbocycles. The van der Waals surface area contributed by atoms with Crippen molar-refractivity contribution in [3.8, 4) is 0 Å². The van der Waals surface area contributed by atoms with Gasteiger partial charge in [-0.1, -0.05) is 34.1 Å². The first-order chi connectivity index (χ1) is 12.9. The zero-order valence-corrected chi connectivity index (χ0v) is 17.9. The van der Waals surface area contributed by atoms with E-state index < -0.39 is 10.0 Å². The van der Waals surface area contributed by atoms with Gasteiger partial charge in [0.15, 0.2) is 0 Å². The molecule has 8 heteroatoms. The molecule has 1 N–H and O–H groups in total. The molecule has 142 valence electrons. The van der Waals surface area contributed by atoms with Crippen molar-refractivity contribution in [2.45, 2.75) is 11.3 Å². The van der Waals surface area contributed by atoms with E-state index in [9.17, 15) is 13.2 Å². The number of thiophene rings is 1. The quantitative estimate of drug-likeness (QED) is 0.577. The van der Waals surface area contributed by atoms with Gasteiger partial charge in [0.25, 0.3) is 0 Å². The van der Waals surface area contributed by atoms with Crippen molar-refractivity contribution >= 4 is 53.3 Å². The summed E-state index contributed by atoms with van der Waals surface area (Å²) in [6, 6.07) is 14.5. The lowest BCUT2D eigenvalue weighted by molar-refractivity contribution is -0.121. The van der Waals surface area contributed by atoms with Gasteiger partial charge in [-0.2, -0.15) is 4.31 Å². The van der Waals surface area contributed by atoms with Crippen LogP contribution in [-0.2, 0) is 21.2 Å². The third kappa shape index (κ3) is 4.76. The Balaban J connectivity index is 1.55. The number of sulfonamides is 1. The highest BCUT2D eigenvalue weighted by atomic mass is 79.9. The smallest absolute Gasteiger partial charge is 0.243 e. The van der Waals surface area contributed by atoms with Crippen molar-refractivity contribution < 1.29 is 13.2 Å². The highest BCUT2D eigenvalue weighted by Gasteiger charge is 2.22. The van der Waals surface area contributed by atoms with Crippen molar-refractivity contribution in [1.82, 2.24) is 9.62 Å². The largest absolute Gasteiger partial charge is 0.355 e. The van der Waals surface area contributed by atoms with E-state index in [1.165, 1.54) is 34.8 Å². The summed E-state index contributed by atoms with van der Waals surface area (Å²) in [5, 5.41) is 6.10. The van der Waals surface area contributed by atoms with Crippen molar-refractivity contribution in [3.05, 3.63) is 63.9 Å². The predicted octanol–water partition coefficient (Wildman–Crippen LogP) is 3.64. The number of halogens is 1. The van der Waals surface area contributed by atoms with E-state index >= 15 is 0 Å². The van der Waals surface area contributed by atoms with Crippen molar-refractivity contribution in [2.24, 2.45) is 0 Å². The van der Waals surface area contributed by atoms with Gasteiger partial charge in [-0.15, -0.1) is 11.3 Å². The van der Waals surface area contributed by atoms with Crippen molar-refractivity contribution in [1.29, 1.82) is 0 Å². The lowest BCUT2D eigenvalue weighted by atomic mass is 10.1. The monoisotopic (exact) mass is 466 g/mol. The number of carbonyl (C=O) groups is 1. The molecule has 1 aromatic heterocycles. The van der Waals surface area contributed by atoms with Crippen LogP contribution >= 0.6 is 27.3 Å². The highest BCUT2D eigenvalue weighted by molar-refractivity contribution is 9.10. The first-order valence-electron chi connectivity index (χ1n) is 8.31. The minimum atomic E-state index is -3.69. The zero-order chi connectivity index (χ0) is 19.4. The fraction of sp³-hybridized carbons (Fsp3) is 0.211. The van der Waals surface area contributed by atoms with Gasteiger partial charge in [-0.05, 0) is 53.1 Å². The summed E-state index contributed by atoms with van der Waals surface area (Å²) in [5.74, 6) is -0.322. The maximum Gasteiger partial charge on any atom is 0.243 e. The number of likely N-dealkylation sites (N-methyl/N-ethyl adjacent to an activating group) is 1. The minimum absolute atomic E-state index is 0.158. The Kier molecular flexibility index (Phi) is 6.31. The molecule has 3 aromatic rings. The number of hydrogen-bond acceptors (Lipinski definition) is 4. The molecule has 5 nitrogen and oxygen atoms in total. The molecule has 0 aliphatic rings. The van der Waals surface area contributed by atoms with Gasteiger partial charge in [0.05, 0.1) is 11.4 Å². The van der Waals surface area contributed by atoms with Crippen LogP contribution in [0.25, 0.3) is 10.1 Å². The molecule has 27 heavy (non-hydrogen) atoms. The normalized spacial score (nSPS) is 11.8. The van der Waals surface area contributed by atoms with Gasteiger partial charge in [0.1, 0.15) is 0 Å². The van der Waals surface area contributed by atoms with Crippen LogP contribution in [0, 0.1) is 0 Å².